The smallest absolute Gasteiger partial charge is 0.0531 e. The van der Waals surface area contributed by atoms with Crippen LogP contribution in [0.15, 0.2) is 30.6 Å². The van der Waals surface area contributed by atoms with Gasteiger partial charge in [-0.15, -0.1) is 0 Å². The number of hydrogen-bond acceptors (Lipinski definition) is 0. The van der Waals surface area contributed by atoms with E-state index >= 15 is 0 Å². The summed E-state index contributed by atoms with van der Waals surface area (Å²) in [6.07, 6.45) is 4.37. The van der Waals surface area contributed by atoms with Crippen LogP contribution in [0.1, 0.15) is 19.4 Å². The van der Waals surface area contributed by atoms with Crippen molar-refractivity contribution in [1.82, 2.24) is 9.13 Å². The number of aromatic nitrogens is 2. The van der Waals surface area contributed by atoms with Gasteiger partial charge in [-0.05, 0) is 44.5 Å². The Morgan fingerprint density at radius 3 is 1.76 bits per heavy atom. The zero-order valence-corrected chi connectivity index (χ0v) is 10.7. The normalized spacial score (nSPS) is 11.7. The second kappa shape index (κ2) is 3.66. The minimum Gasteiger partial charge on any atom is -0.347 e. The summed E-state index contributed by atoms with van der Waals surface area (Å²) in [4.78, 5) is 0. The molecule has 0 atom stereocenters. The quantitative estimate of drug-likeness (QED) is 0.626. The minimum atomic E-state index is 1.03. The average Bonchev–Trinajstić information content (AvgIpc) is 2.92. The van der Waals surface area contributed by atoms with Gasteiger partial charge in [0, 0.05) is 36.3 Å². The Morgan fingerprint density at radius 2 is 1.35 bits per heavy atom. The molecule has 2 nitrogen and oxygen atoms in total. The van der Waals surface area contributed by atoms with Crippen LogP contribution < -0.4 is 0 Å². The van der Waals surface area contributed by atoms with Gasteiger partial charge in [-0.25, -0.2) is 0 Å². The molecule has 3 aromatic rings. The molecule has 2 heteroatoms. The van der Waals surface area contributed by atoms with E-state index < -0.39 is 0 Å². The van der Waals surface area contributed by atoms with Gasteiger partial charge in [0.25, 0.3) is 0 Å². The summed E-state index contributed by atoms with van der Waals surface area (Å²) in [6.45, 7) is 8.69. The second-order valence-corrected chi connectivity index (χ2v) is 4.58. The van der Waals surface area contributed by atoms with E-state index in [-0.39, 0.29) is 0 Å². The fourth-order valence-electron chi connectivity index (χ4n) is 2.88. The molecule has 0 amide bonds. The highest BCUT2D eigenvalue weighted by Crippen LogP contribution is 2.29. The van der Waals surface area contributed by atoms with Crippen molar-refractivity contribution in [1.29, 1.82) is 0 Å². The van der Waals surface area contributed by atoms with Crippen LogP contribution >= 0.6 is 0 Å². The molecule has 1 aromatic carbocycles. The van der Waals surface area contributed by atoms with E-state index in [4.69, 9.17) is 0 Å². The first-order valence-electron chi connectivity index (χ1n) is 6.33. The summed E-state index contributed by atoms with van der Waals surface area (Å²) < 4.78 is 4.66. The first kappa shape index (κ1) is 10.5. The summed E-state index contributed by atoms with van der Waals surface area (Å²) in [7, 11) is 0. The van der Waals surface area contributed by atoms with Crippen LogP contribution in [-0.2, 0) is 13.1 Å². The third kappa shape index (κ3) is 1.33. The van der Waals surface area contributed by atoms with Crippen LogP contribution in [-0.4, -0.2) is 9.13 Å². The maximum Gasteiger partial charge on any atom is 0.0531 e. The van der Waals surface area contributed by atoms with Crippen LogP contribution in [0.25, 0.3) is 21.8 Å². The van der Waals surface area contributed by atoms with Crippen molar-refractivity contribution in [2.75, 3.05) is 0 Å². The lowest BCUT2D eigenvalue weighted by Crippen LogP contribution is -1.97. The van der Waals surface area contributed by atoms with Crippen LogP contribution in [0.4, 0.5) is 0 Å². The number of benzene rings is 1. The van der Waals surface area contributed by atoms with Crippen LogP contribution in [0, 0.1) is 6.92 Å². The largest absolute Gasteiger partial charge is 0.347 e. The number of nitrogens with zero attached hydrogens (tertiary/aromatic N) is 2. The standard InChI is InChI=1S/C15H18N2/c1-4-16-8-6-12-10-13-7-9-17(5-2)15(13)11(3)14(12)16/h6-10H,4-5H2,1-3H3. The average molecular weight is 226 g/mol. The number of aryl methyl sites for hydroxylation is 3. The number of fused-ring (bicyclic) bond motifs is 2. The molecular formula is C15H18N2. The summed E-state index contributed by atoms with van der Waals surface area (Å²) in [6, 6.07) is 6.74. The lowest BCUT2D eigenvalue weighted by Gasteiger charge is -2.09. The van der Waals surface area contributed by atoms with Crippen molar-refractivity contribution in [3.63, 3.8) is 0 Å². The topological polar surface area (TPSA) is 9.86 Å². The van der Waals surface area contributed by atoms with E-state index in [1.165, 1.54) is 27.4 Å². The fraction of sp³-hybridized carbons (Fsp3) is 0.333. The third-order valence-electron chi connectivity index (χ3n) is 3.69. The number of hydrogen-bond donors (Lipinski definition) is 0. The van der Waals surface area contributed by atoms with E-state index in [1.807, 2.05) is 0 Å². The highest BCUT2D eigenvalue weighted by molar-refractivity contribution is 5.99. The van der Waals surface area contributed by atoms with E-state index in [0.717, 1.165) is 13.1 Å². The Kier molecular flexibility index (Phi) is 2.25. The molecule has 88 valence electrons. The van der Waals surface area contributed by atoms with Gasteiger partial charge < -0.3 is 9.13 Å². The van der Waals surface area contributed by atoms with Crippen LogP contribution in [0.3, 0.4) is 0 Å². The van der Waals surface area contributed by atoms with Gasteiger partial charge in [0.15, 0.2) is 0 Å². The van der Waals surface area contributed by atoms with E-state index in [9.17, 15) is 0 Å². The highest BCUT2D eigenvalue weighted by atomic mass is 15.0. The predicted octanol–water partition coefficient (Wildman–Crippen LogP) is 3.94. The van der Waals surface area contributed by atoms with Gasteiger partial charge in [0.05, 0.1) is 11.0 Å². The van der Waals surface area contributed by atoms with Crippen molar-refractivity contribution in [2.45, 2.75) is 33.9 Å². The summed E-state index contributed by atoms with van der Waals surface area (Å²) in [5, 5.41) is 2.71. The van der Waals surface area contributed by atoms with Crippen molar-refractivity contribution in [3.05, 3.63) is 36.2 Å². The van der Waals surface area contributed by atoms with E-state index in [2.05, 4.69) is 60.5 Å². The Morgan fingerprint density at radius 1 is 0.882 bits per heavy atom. The third-order valence-corrected chi connectivity index (χ3v) is 3.69. The van der Waals surface area contributed by atoms with Gasteiger partial charge in [-0.3, -0.25) is 0 Å². The molecule has 0 radical (unpaired) electrons. The second-order valence-electron chi connectivity index (χ2n) is 4.58. The van der Waals surface area contributed by atoms with Crippen LogP contribution in [0.5, 0.6) is 0 Å². The maximum atomic E-state index is 2.33. The molecule has 0 aliphatic carbocycles. The minimum absolute atomic E-state index is 1.03. The molecule has 0 bridgehead atoms. The van der Waals surface area contributed by atoms with Crippen molar-refractivity contribution in [3.8, 4) is 0 Å². The monoisotopic (exact) mass is 226 g/mol. The first-order chi connectivity index (χ1) is 8.26. The number of rotatable bonds is 2. The zero-order valence-electron chi connectivity index (χ0n) is 10.7. The molecule has 0 spiro atoms. The predicted molar refractivity (Wildman–Crippen MR) is 73.5 cm³/mol. The summed E-state index contributed by atoms with van der Waals surface area (Å²) in [5.74, 6) is 0. The molecule has 0 N–H and O–H groups in total. The molecule has 0 fully saturated rings. The fourth-order valence-corrected chi connectivity index (χ4v) is 2.88. The van der Waals surface area contributed by atoms with Crippen molar-refractivity contribution in [2.24, 2.45) is 0 Å². The Hall–Kier alpha value is -1.70. The van der Waals surface area contributed by atoms with E-state index in [0.29, 0.717) is 0 Å². The Balaban J connectivity index is 2.49. The van der Waals surface area contributed by atoms with Gasteiger partial charge in [-0.2, -0.15) is 0 Å². The molecule has 17 heavy (non-hydrogen) atoms. The molecular weight excluding hydrogens is 208 g/mol. The first-order valence-corrected chi connectivity index (χ1v) is 6.33. The lowest BCUT2D eigenvalue weighted by atomic mass is 10.1. The molecule has 0 saturated heterocycles. The van der Waals surface area contributed by atoms with Crippen molar-refractivity contribution >= 4 is 21.8 Å². The molecule has 3 rings (SSSR count). The molecule has 0 aliphatic heterocycles. The van der Waals surface area contributed by atoms with Gasteiger partial charge in [-0.1, -0.05) is 0 Å². The molecule has 2 heterocycles. The maximum absolute atomic E-state index is 2.33. The summed E-state index contributed by atoms with van der Waals surface area (Å²) >= 11 is 0. The van der Waals surface area contributed by atoms with Crippen LogP contribution in [0.2, 0.25) is 0 Å². The lowest BCUT2D eigenvalue weighted by molar-refractivity contribution is 0.786. The molecule has 0 aliphatic rings. The van der Waals surface area contributed by atoms with E-state index in [1.54, 1.807) is 0 Å². The Bertz CT molecular complexity index is 629. The molecule has 2 aromatic heterocycles. The van der Waals surface area contributed by atoms with Gasteiger partial charge >= 0.3 is 0 Å². The zero-order chi connectivity index (χ0) is 12.0. The summed E-state index contributed by atoms with van der Waals surface area (Å²) in [5.41, 5.74) is 4.16. The van der Waals surface area contributed by atoms with Crippen molar-refractivity contribution < 1.29 is 0 Å². The Labute approximate surface area is 101 Å². The van der Waals surface area contributed by atoms with Gasteiger partial charge in [0.2, 0.25) is 0 Å². The van der Waals surface area contributed by atoms with Gasteiger partial charge in [0.1, 0.15) is 0 Å². The SMILES string of the molecule is CCn1ccc2cc3ccn(CC)c3c(C)c21. The highest BCUT2D eigenvalue weighted by Gasteiger charge is 2.10. The molecule has 0 unspecified atom stereocenters. The molecule has 0 saturated carbocycles.